The molecular weight excluding hydrogens is 368 g/mol. The van der Waals surface area contributed by atoms with Crippen LogP contribution in [0.3, 0.4) is 0 Å². The summed E-state index contributed by atoms with van der Waals surface area (Å²) in [6.07, 6.45) is 3.53. The van der Waals surface area contributed by atoms with Gasteiger partial charge in [-0.1, -0.05) is 35.9 Å². The van der Waals surface area contributed by atoms with E-state index in [1.54, 1.807) is 18.5 Å². The van der Waals surface area contributed by atoms with Crippen molar-refractivity contribution in [3.8, 4) is 11.1 Å². The molecule has 142 valence electrons. The molecule has 3 heterocycles. The third-order valence-electron chi connectivity index (χ3n) is 5.96. The van der Waals surface area contributed by atoms with Crippen molar-refractivity contribution < 1.29 is 8.42 Å². The van der Waals surface area contributed by atoms with Crippen LogP contribution in [-0.2, 0) is 16.4 Å². The smallest absolute Gasteiger partial charge is 0.183 e. The number of rotatable bonds is 3. The minimum Gasteiger partial charge on any atom is -0.297 e. The molecule has 0 N–H and O–H groups in total. The first-order valence-electron chi connectivity index (χ1n) is 9.58. The van der Waals surface area contributed by atoms with Crippen molar-refractivity contribution in [2.45, 2.75) is 29.5 Å². The minimum atomic E-state index is -3.27. The van der Waals surface area contributed by atoms with Gasteiger partial charge < -0.3 is 0 Å². The molecule has 1 fully saturated rings. The van der Waals surface area contributed by atoms with Gasteiger partial charge in [-0.25, -0.2) is 8.42 Å². The number of hydrogen-bond donors (Lipinski definition) is 0. The van der Waals surface area contributed by atoms with Crippen LogP contribution in [0.2, 0.25) is 0 Å². The molecule has 5 heteroatoms. The van der Waals surface area contributed by atoms with E-state index in [1.807, 2.05) is 18.2 Å². The van der Waals surface area contributed by atoms with E-state index in [9.17, 15) is 8.42 Å². The second-order valence-electron chi connectivity index (χ2n) is 7.86. The molecule has 1 saturated heterocycles. The van der Waals surface area contributed by atoms with Gasteiger partial charge >= 0.3 is 0 Å². The van der Waals surface area contributed by atoms with E-state index in [0.717, 1.165) is 29.8 Å². The summed E-state index contributed by atoms with van der Waals surface area (Å²) < 4.78 is 26.3. The van der Waals surface area contributed by atoms with Gasteiger partial charge in [0.05, 0.1) is 10.1 Å². The summed E-state index contributed by atoms with van der Waals surface area (Å²) in [5.74, 6) is 0.0478. The number of nitrogens with zero attached hydrogens (tertiary/aromatic N) is 2. The monoisotopic (exact) mass is 390 g/mol. The number of sulfone groups is 1. The largest absolute Gasteiger partial charge is 0.297 e. The molecule has 1 aromatic heterocycles. The van der Waals surface area contributed by atoms with Crippen molar-refractivity contribution in [1.82, 2.24) is 9.88 Å². The topological polar surface area (TPSA) is 50.3 Å². The van der Waals surface area contributed by atoms with Crippen LogP contribution in [0.5, 0.6) is 0 Å². The first-order valence-corrected chi connectivity index (χ1v) is 11.1. The highest BCUT2D eigenvalue weighted by Crippen LogP contribution is 2.46. The maximum Gasteiger partial charge on any atom is 0.183 e. The second kappa shape index (κ2) is 6.54. The Morgan fingerprint density at radius 2 is 1.82 bits per heavy atom. The fourth-order valence-corrected chi connectivity index (χ4v) is 6.84. The summed E-state index contributed by atoms with van der Waals surface area (Å²) in [5, 5.41) is -0.333. The molecule has 0 unspecified atom stereocenters. The van der Waals surface area contributed by atoms with Crippen LogP contribution in [0.25, 0.3) is 11.1 Å². The molecule has 2 atom stereocenters. The molecule has 2 aliphatic rings. The Balaban J connectivity index is 1.47. The molecule has 3 aromatic rings. The van der Waals surface area contributed by atoms with Gasteiger partial charge in [0.15, 0.2) is 9.84 Å². The number of pyridine rings is 1. The van der Waals surface area contributed by atoms with Crippen LogP contribution in [-0.4, -0.2) is 36.6 Å². The van der Waals surface area contributed by atoms with Gasteiger partial charge in [0, 0.05) is 37.9 Å². The maximum atomic E-state index is 13.1. The number of hydrogen-bond acceptors (Lipinski definition) is 4. The lowest BCUT2D eigenvalue weighted by Gasteiger charge is -2.18. The van der Waals surface area contributed by atoms with Gasteiger partial charge in [-0.15, -0.1) is 0 Å². The van der Waals surface area contributed by atoms with Crippen LogP contribution in [0.4, 0.5) is 0 Å². The van der Waals surface area contributed by atoms with Crippen molar-refractivity contribution >= 4 is 9.84 Å². The van der Waals surface area contributed by atoms with Crippen molar-refractivity contribution in [2.75, 3.05) is 13.1 Å². The van der Waals surface area contributed by atoms with E-state index in [1.165, 1.54) is 11.1 Å². The molecule has 4 nitrogen and oxygen atoms in total. The highest BCUT2D eigenvalue weighted by atomic mass is 32.2. The molecule has 0 amide bonds. The Kier molecular flexibility index (Phi) is 4.11. The van der Waals surface area contributed by atoms with Gasteiger partial charge in [-0.05, 0) is 53.4 Å². The number of fused-ring (bicyclic) bond motifs is 3. The molecule has 0 radical (unpaired) electrons. The molecular formula is C23H22N2O2S. The number of aromatic nitrogens is 1. The molecule has 0 spiro atoms. The fourth-order valence-electron chi connectivity index (χ4n) is 4.65. The minimum absolute atomic E-state index is 0.0478. The summed E-state index contributed by atoms with van der Waals surface area (Å²) in [7, 11) is -3.27. The molecule has 2 aliphatic heterocycles. The van der Waals surface area contributed by atoms with Gasteiger partial charge in [0.25, 0.3) is 0 Å². The quantitative estimate of drug-likeness (QED) is 0.682. The van der Waals surface area contributed by atoms with Gasteiger partial charge in [0.2, 0.25) is 0 Å². The van der Waals surface area contributed by atoms with Crippen molar-refractivity contribution in [3.05, 3.63) is 83.7 Å². The van der Waals surface area contributed by atoms with E-state index < -0.39 is 9.84 Å². The van der Waals surface area contributed by atoms with Crippen LogP contribution >= 0.6 is 0 Å². The number of benzene rings is 2. The predicted molar refractivity (Wildman–Crippen MR) is 110 cm³/mol. The van der Waals surface area contributed by atoms with E-state index >= 15 is 0 Å². The molecule has 28 heavy (non-hydrogen) atoms. The highest BCUT2D eigenvalue weighted by molar-refractivity contribution is 7.92. The van der Waals surface area contributed by atoms with E-state index in [4.69, 9.17) is 0 Å². The average molecular weight is 391 g/mol. The highest BCUT2D eigenvalue weighted by Gasteiger charge is 2.50. The van der Waals surface area contributed by atoms with Crippen molar-refractivity contribution in [1.29, 1.82) is 0 Å². The Hall–Kier alpha value is -2.50. The summed E-state index contributed by atoms with van der Waals surface area (Å²) in [6.45, 7) is 4.26. The number of aryl methyl sites for hydroxylation is 1. The van der Waals surface area contributed by atoms with Crippen LogP contribution < -0.4 is 0 Å². The van der Waals surface area contributed by atoms with Crippen molar-refractivity contribution in [3.63, 3.8) is 0 Å². The molecule has 5 rings (SSSR count). The third kappa shape index (κ3) is 2.86. The van der Waals surface area contributed by atoms with Crippen LogP contribution in [0.1, 0.15) is 22.6 Å². The van der Waals surface area contributed by atoms with E-state index in [2.05, 4.69) is 47.1 Å². The molecule has 0 bridgehead atoms. The zero-order valence-electron chi connectivity index (χ0n) is 15.7. The Labute approximate surface area is 165 Å². The average Bonchev–Trinajstić information content (AvgIpc) is 3.20. The van der Waals surface area contributed by atoms with Crippen LogP contribution in [0.15, 0.2) is 71.9 Å². The number of likely N-dealkylation sites (tertiary alicyclic amines) is 1. The summed E-state index contributed by atoms with van der Waals surface area (Å²) >= 11 is 0. The second-order valence-corrected chi connectivity index (χ2v) is 10.00. The summed E-state index contributed by atoms with van der Waals surface area (Å²) in [6, 6.07) is 18.1. The van der Waals surface area contributed by atoms with Crippen LogP contribution in [0, 0.1) is 6.92 Å². The fraction of sp³-hybridized carbons (Fsp3) is 0.261. The van der Waals surface area contributed by atoms with E-state index in [-0.39, 0.29) is 11.2 Å². The standard InChI is InChI=1S/C23H22N2O2S/c1-16-3-2-4-17(11-16)13-25-14-21-20-12-19(18-7-9-24-10-8-18)5-6-22(20)28(26,27)23(21)15-25/h2-12,21,23H,13-15H2,1H3/t21-,23-/m0/s1. The lowest BCUT2D eigenvalue weighted by molar-refractivity contribution is 0.325. The zero-order valence-corrected chi connectivity index (χ0v) is 16.6. The SMILES string of the molecule is Cc1cccc(CN2C[C@H]3c4cc(-c5ccncc5)ccc4S(=O)(=O)[C@H]3C2)c1. The predicted octanol–water partition coefficient (Wildman–Crippen LogP) is 3.81. The zero-order chi connectivity index (χ0) is 19.3. The van der Waals surface area contributed by atoms with Gasteiger partial charge in [-0.3, -0.25) is 9.88 Å². The molecule has 2 aromatic carbocycles. The van der Waals surface area contributed by atoms with Gasteiger partial charge in [-0.2, -0.15) is 0 Å². The Morgan fingerprint density at radius 1 is 1.00 bits per heavy atom. The van der Waals surface area contributed by atoms with Gasteiger partial charge in [0.1, 0.15) is 0 Å². The molecule has 0 aliphatic carbocycles. The Bertz CT molecular complexity index is 1140. The Morgan fingerprint density at radius 3 is 2.61 bits per heavy atom. The van der Waals surface area contributed by atoms with Crippen molar-refractivity contribution in [2.24, 2.45) is 0 Å². The third-order valence-corrected chi connectivity index (χ3v) is 8.22. The maximum absolute atomic E-state index is 13.1. The normalized spacial score (nSPS) is 22.8. The lowest BCUT2D eigenvalue weighted by atomic mass is 9.95. The molecule has 0 saturated carbocycles. The van der Waals surface area contributed by atoms with E-state index in [0.29, 0.717) is 11.4 Å². The first kappa shape index (κ1) is 17.6. The summed E-state index contributed by atoms with van der Waals surface area (Å²) in [5.41, 5.74) is 5.56. The lowest BCUT2D eigenvalue weighted by Crippen LogP contribution is -2.25. The first-order chi connectivity index (χ1) is 13.5. The summed E-state index contributed by atoms with van der Waals surface area (Å²) in [4.78, 5) is 6.88.